The Kier molecular flexibility index (Phi) is 3.53. The number of hydrogen-bond acceptors (Lipinski definition) is 3. The molecular weight excluding hydrogens is 279 g/mol. The van der Waals surface area contributed by atoms with E-state index in [0.29, 0.717) is 5.69 Å². The Bertz CT molecular complexity index is 599. The van der Waals surface area contributed by atoms with E-state index in [4.69, 9.17) is 17.3 Å². The predicted molar refractivity (Wildman–Crippen MR) is 68.4 cm³/mol. The van der Waals surface area contributed by atoms with Gasteiger partial charge >= 0.3 is 6.18 Å². The maximum atomic E-state index is 12.9. The maximum absolute atomic E-state index is 12.9. The first-order valence-corrected chi connectivity index (χ1v) is 5.59. The fourth-order valence-corrected chi connectivity index (χ4v) is 1.71. The first-order chi connectivity index (χ1) is 8.86. The van der Waals surface area contributed by atoms with Crippen LogP contribution in [0.25, 0.3) is 0 Å². The lowest BCUT2D eigenvalue weighted by atomic mass is 10.1. The number of nitrogen functional groups attached to an aromatic ring is 1. The Morgan fingerprint density at radius 2 is 1.89 bits per heavy atom. The number of rotatable bonds is 2. The third kappa shape index (κ3) is 3.29. The number of halogens is 4. The molecule has 19 heavy (non-hydrogen) atoms. The number of alkyl halides is 3. The molecule has 1 aromatic heterocycles. The van der Waals surface area contributed by atoms with Crippen LogP contribution in [0, 0.1) is 0 Å². The average molecular weight is 288 g/mol. The van der Waals surface area contributed by atoms with E-state index < -0.39 is 11.7 Å². The van der Waals surface area contributed by atoms with Crippen LogP contribution in [0.1, 0.15) is 5.56 Å². The summed E-state index contributed by atoms with van der Waals surface area (Å²) in [6.07, 6.45) is -3.09. The highest BCUT2D eigenvalue weighted by molar-refractivity contribution is 6.30. The van der Waals surface area contributed by atoms with Gasteiger partial charge in [0.1, 0.15) is 5.82 Å². The molecule has 100 valence electrons. The molecule has 2 aromatic rings. The van der Waals surface area contributed by atoms with Crippen LogP contribution in [0.5, 0.6) is 0 Å². The molecule has 1 aromatic carbocycles. The molecule has 0 fully saturated rings. The molecule has 0 aliphatic rings. The molecule has 2 rings (SSSR count). The van der Waals surface area contributed by atoms with E-state index in [-0.39, 0.29) is 16.5 Å². The lowest BCUT2D eigenvalue weighted by Gasteiger charge is -2.15. The van der Waals surface area contributed by atoms with E-state index in [0.717, 1.165) is 6.07 Å². The van der Waals surface area contributed by atoms with E-state index >= 15 is 0 Å². The molecule has 0 amide bonds. The quantitative estimate of drug-likeness (QED) is 0.875. The number of aromatic nitrogens is 1. The first kappa shape index (κ1) is 13.5. The van der Waals surface area contributed by atoms with Gasteiger partial charge in [-0.25, -0.2) is 4.98 Å². The van der Waals surface area contributed by atoms with Crippen LogP contribution in [-0.4, -0.2) is 4.98 Å². The smallest absolute Gasteiger partial charge is 0.384 e. The van der Waals surface area contributed by atoms with E-state index in [1.165, 1.54) is 30.5 Å². The predicted octanol–water partition coefficient (Wildman–Crippen LogP) is 4.08. The maximum Gasteiger partial charge on any atom is 0.418 e. The number of benzene rings is 1. The summed E-state index contributed by atoms with van der Waals surface area (Å²) < 4.78 is 38.6. The number of nitrogens with zero attached hydrogens (tertiary/aromatic N) is 1. The summed E-state index contributed by atoms with van der Waals surface area (Å²) >= 11 is 5.59. The number of hydrogen-bond donors (Lipinski definition) is 2. The molecule has 0 unspecified atom stereocenters. The van der Waals surface area contributed by atoms with E-state index in [2.05, 4.69) is 10.3 Å². The molecule has 0 aliphatic heterocycles. The molecule has 7 heteroatoms. The average Bonchev–Trinajstić information content (AvgIpc) is 2.30. The third-order valence-electron chi connectivity index (χ3n) is 2.35. The molecule has 0 spiro atoms. The van der Waals surface area contributed by atoms with Gasteiger partial charge in [0.05, 0.1) is 11.3 Å². The van der Waals surface area contributed by atoms with E-state index in [1.54, 1.807) is 0 Å². The highest BCUT2D eigenvalue weighted by Crippen LogP contribution is 2.37. The van der Waals surface area contributed by atoms with Crippen molar-refractivity contribution in [3.8, 4) is 0 Å². The normalized spacial score (nSPS) is 11.4. The largest absolute Gasteiger partial charge is 0.418 e. The summed E-state index contributed by atoms with van der Waals surface area (Å²) in [6, 6.07) is 6.47. The van der Waals surface area contributed by atoms with Gasteiger partial charge in [0, 0.05) is 23.0 Å². The van der Waals surface area contributed by atoms with Crippen LogP contribution in [0.15, 0.2) is 36.5 Å². The van der Waals surface area contributed by atoms with Crippen molar-refractivity contribution in [2.24, 2.45) is 0 Å². The van der Waals surface area contributed by atoms with Gasteiger partial charge in [-0.1, -0.05) is 11.6 Å². The highest BCUT2D eigenvalue weighted by Gasteiger charge is 2.33. The minimum absolute atomic E-state index is 0.0205. The fourth-order valence-electron chi connectivity index (χ4n) is 1.54. The molecule has 3 N–H and O–H groups in total. The molecule has 0 aliphatic carbocycles. The van der Waals surface area contributed by atoms with Crippen molar-refractivity contribution in [1.82, 2.24) is 4.98 Å². The summed E-state index contributed by atoms with van der Waals surface area (Å²) in [5.41, 5.74) is 4.95. The van der Waals surface area contributed by atoms with Gasteiger partial charge in [-0.05, 0) is 24.3 Å². The zero-order valence-corrected chi connectivity index (χ0v) is 10.3. The van der Waals surface area contributed by atoms with Crippen molar-refractivity contribution in [3.63, 3.8) is 0 Å². The van der Waals surface area contributed by atoms with Crippen molar-refractivity contribution in [1.29, 1.82) is 0 Å². The molecule has 0 saturated heterocycles. The summed E-state index contributed by atoms with van der Waals surface area (Å²) in [7, 11) is 0. The summed E-state index contributed by atoms with van der Waals surface area (Å²) in [6.45, 7) is 0. The number of anilines is 3. The van der Waals surface area contributed by atoms with Gasteiger partial charge in [-0.15, -0.1) is 0 Å². The minimum Gasteiger partial charge on any atom is -0.384 e. The lowest BCUT2D eigenvalue weighted by Crippen LogP contribution is -2.09. The van der Waals surface area contributed by atoms with Crippen LogP contribution in [0.4, 0.5) is 30.4 Å². The van der Waals surface area contributed by atoms with Crippen LogP contribution in [0.3, 0.4) is 0 Å². The lowest BCUT2D eigenvalue weighted by molar-refractivity contribution is -0.136. The van der Waals surface area contributed by atoms with Crippen LogP contribution in [-0.2, 0) is 6.18 Å². The van der Waals surface area contributed by atoms with E-state index in [1.807, 2.05) is 0 Å². The van der Waals surface area contributed by atoms with Gasteiger partial charge < -0.3 is 11.1 Å². The van der Waals surface area contributed by atoms with Gasteiger partial charge in [0.2, 0.25) is 0 Å². The Hall–Kier alpha value is -1.95. The second kappa shape index (κ2) is 4.97. The molecule has 0 bridgehead atoms. The molecule has 0 atom stereocenters. The second-order valence-electron chi connectivity index (χ2n) is 3.78. The monoisotopic (exact) mass is 287 g/mol. The SMILES string of the molecule is Nc1cc(Nc2ccc(Cl)cc2C(F)(F)F)ccn1. The van der Waals surface area contributed by atoms with Crippen molar-refractivity contribution in [3.05, 3.63) is 47.1 Å². The number of nitrogens with one attached hydrogen (secondary N) is 1. The van der Waals surface area contributed by atoms with Crippen molar-refractivity contribution >= 4 is 28.8 Å². The zero-order chi connectivity index (χ0) is 14.0. The Morgan fingerprint density at radius 1 is 1.16 bits per heavy atom. The molecular formula is C12H9ClF3N3. The molecule has 0 saturated carbocycles. The second-order valence-corrected chi connectivity index (χ2v) is 4.22. The van der Waals surface area contributed by atoms with Gasteiger partial charge in [0.25, 0.3) is 0 Å². The van der Waals surface area contributed by atoms with Gasteiger partial charge in [-0.2, -0.15) is 13.2 Å². The topological polar surface area (TPSA) is 50.9 Å². The summed E-state index contributed by atoms with van der Waals surface area (Å²) in [5, 5.41) is 2.67. The highest BCUT2D eigenvalue weighted by atomic mass is 35.5. The first-order valence-electron chi connectivity index (χ1n) is 5.21. The van der Waals surface area contributed by atoms with E-state index in [9.17, 15) is 13.2 Å². The zero-order valence-electron chi connectivity index (χ0n) is 9.50. The van der Waals surface area contributed by atoms with Crippen molar-refractivity contribution in [2.75, 3.05) is 11.1 Å². The number of pyridine rings is 1. The standard InChI is InChI=1S/C12H9ClF3N3/c13-7-1-2-10(9(5-7)12(14,15)16)19-8-3-4-18-11(17)6-8/h1-6H,(H3,17,18,19). The summed E-state index contributed by atoms with van der Waals surface area (Å²) in [4.78, 5) is 3.76. The number of nitrogens with two attached hydrogens (primary N) is 1. The van der Waals surface area contributed by atoms with Gasteiger partial charge in [0.15, 0.2) is 0 Å². The van der Waals surface area contributed by atoms with Crippen LogP contribution >= 0.6 is 11.6 Å². The fraction of sp³-hybridized carbons (Fsp3) is 0.0833. The Morgan fingerprint density at radius 3 is 2.53 bits per heavy atom. The van der Waals surface area contributed by atoms with Crippen molar-refractivity contribution in [2.45, 2.75) is 6.18 Å². The molecule has 3 nitrogen and oxygen atoms in total. The van der Waals surface area contributed by atoms with Crippen molar-refractivity contribution < 1.29 is 13.2 Å². The third-order valence-corrected chi connectivity index (χ3v) is 2.58. The molecule has 1 heterocycles. The Labute approximate surface area is 112 Å². The van der Waals surface area contributed by atoms with Gasteiger partial charge in [-0.3, -0.25) is 0 Å². The summed E-state index contributed by atoms with van der Waals surface area (Å²) in [5.74, 6) is 0.215. The van der Waals surface area contributed by atoms with Crippen LogP contribution < -0.4 is 11.1 Å². The molecule has 0 radical (unpaired) electrons. The Balaban J connectivity index is 2.40. The minimum atomic E-state index is -4.49. The van der Waals surface area contributed by atoms with Crippen LogP contribution in [0.2, 0.25) is 5.02 Å².